The number of alkyl halides is 9. The minimum absolute atomic E-state index is 0. The highest BCUT2D eigenvalue weighted by molar-refractivity contribution is 5.85. The second-order valence-electron chi connectivity index (χ2n) is 1.74. The highest BCUT2D eigenvalue weighted by Crippen LogP contribution is 2.41. The van der Waals surface area contributed by atoms with Crippen LogP contribution in [0.5, 0.6) is 0 Å². The molecule has 0 unspecified atom stereocenters. The number of halogens is 10. The van der Waals surface area contributed by atoms with Crippen LogP contribution >= 0.6 is 12.4 Å². The summed E-state index contributed by atoms with van der Waals surface area (Å²) in [5, 5.41) is 0. The molecule has 0 aliphatic heterocycles. The molecule has 0 aromatic carbocycles. The molecule has 11 heteroatoms. The van der Waals surface area contributed by atoms with Crippen LogP contribution in [0.1, 0.15) is 0 Å². The molecule has 1 nitrogen and oxygen atoms in total. The van der Waals surface area contributed by atoms with Gasteiger partial charge >= 0.3 is 18.9 Å². The molecule has 0 aliphatic carbocycles. The first kappa shape index (κ1) is 16.1. The normalized spacial score (nSPS) is 14.1. The van der Waals surface area contributed by atoms with Gasteiger partial charge in [-0.1, -0.05) is 0 Å². The molecule has 0 rings (SSSR count). The molecular weight excluding hydrogens is 256 g/mol. The first-order valence-electron chi connectivity index (χ1n) is 2.37. The Labute approximate surface area is 76.9 Å². The third-order valence-electron chi connectivity index (χ3n) is 0.761. The van der Waals surface area contributed by atoms with Gasteiger partial charge in [-0.2, -0.15) is 39.5 Å². The largest absolute Gasteiger partial charge is 0.474 e. The van der Waals surface area contributed by atoms with Crippen molar-refractivity contribution in [2.45, 2.75) is 18.9 Å². The summed E-state index contributed by atoms with van der Waals surface area (Å²) in [6, 6.07) is 0. The number of nitrogens with zero attached hydrogens (tertiary/aromatic N) is 1. The van der Waals surface area contributed by atoms with E-state index in [1.807, 2.05) is 0 Å². The molecule has 0 aromatic rings. The van der Waals surface area contributed by atoms with Gasteiger partial charge < -0.3 is 0 Å². The number of hydrogen-bond acceptors (Lipinski definition) is 1. The molecule has 0 aliphatic rings. The zero-order valence-electron chi connectivity index (χ0n) is 5.76. The van der Waals surface area contributed by atoms with E-state index in [9.17, 15) is 39.5 Å². The molecule has 0 saturated heterocycles. The molecule has 0 atom stereocenters. The monoisotopic (exact) mass is 257 g/mol. The summed E-state index contributed by atoms with van der Waals surface area (Å²) in [5.74, 6) is 0. The van der Waals surface area contributed by atoms with Crippen LogP contribution in [-0.4, -0.2) is 23.8 Å². The molecular formula is C3HClF9N. The smallest absolute Gasteiger partial charge is 0.155 e. The fourth-order valence-corrected chi connectivity index (χ4v) is 0.431. The Hall–Kier alpha value is -0.380. The third kappa shape index (κ3) is 4.22. The quantitative estimate of drug-likeness (QED) is 0.475. The van der Waals surface area contributed by atoms with E-state index in [1.165, 1.54) is 0 Å². The Bertz CT molecular complexity index is 143. The van der Waals surface area contributed by atoms with Gasteiger partial charge in [-0.25, -0.2) is 0 Å². The van der Waals surface area contributed by atoms with Gasteiger partial charge in [0, 0.05) is 0 Å². The molecule has 0 radical (unpaired) electrons. The summed E-state index contributed by atoms with van der Waals surface area (Å²) >= 11 is 0. The molecule has 0 bridgehead atoms. The lowest BCUT2D eigenvalue weighted by Gasteiger charge is -2.27. The van der Waals surface area contributed by atoms with Crippen molar-refractivity contribution < 1.29 is 39.5 Å². The Balaban J connectivity index is 0. The van der Waals surface area contributed by atoms with Crippen LogP contribution in [0.4, 0.5) is 39.5 Å². The van der Waals surface area contributed by atoms with E-state index < -0.39 is 23.8 Å². The molecule has 0 aromatic heterocycles. The zero-order valence-corrected chi connectivity index (χ0v) is 6.57. The highest BCUT2D eigenvalue weighted by Gasteiger charge is 2.66. The van der Waals surface area contributed by atoms with Crippen molar-refractivity contribution in [2.75, 3.05) is 0 Å². The van der Waals surface area contributed by atoms with Crippen LogP contribution < -0.4 is 0 Å². The fraction of sp³-hybridized carbons (Fsp3) is 1.00. The predicted octanol–water partition coefficient (Wildman–Crippen LogP) is 3.27. The van der Waals surface area contributed by atoms with Crippen molar-refractivity contribution in [2.24, 2.45) is 0 Å². The average Bonchev–Trinajstić information content (AvgIpc) is 1.44. The van der Waals surface area contributed by atoms with E-state index in [-0.39, 0.29) is 12.4 Å². The zero-order chi connectivity index (χ0) is 11.1. The van der Waals surface area contributed by atoms with Crippen molar-refractivity contribution in [3.8, 4) is 0 Å². The molecule has 0 heterocycles. The van der Waals surface area contributed by atoms with Gasteiger partial charge in [-0.15, -0.1) is 12.4 Å². The summed E-state index contributed by atoms with van der Waals surface area (Å²) in [7, 11) is 0. The summed E-state index contributed by atoms with van der Waals surface area (Å²) in [6.07, 6.45) is -19.6. The van der Waals surface area contributed by atoms with Gasteiger partial charge in [0.15, 0.2) is 0 Å². The second kappa shape index (κ2) is 4.01. The fourth-order valence-electron chi connectivity index (χ4n) is 0.431. The molecule has 0 saturated carbocycles. The van der Waals surface area contributed by atoms with Crippen LogP contribution in [0.25, 0.3) is 0 Å². The van der Waals surface area contributed by atoms with Crippen molar-refractivity contribution in [3.05, 3.63) is 0 Å². The van der Waals surface area contributed by atoms with E-state index in [0.29, 0.717) is 0 Å². The van der Waals surface area contributed by atoms with E-state index >= 15 is 0 Å². The maximum atomic E-state index is 11.2. The molecule has 0 amide bonds. The molecule has 88 valence electrons. The van der Waals surface area contributed by atoms with Crippen LogP contribution in [0.15, 0.2) is 0 Å². The molecule has 0 spiro atoms. The Morgan fingerprint density at radius 2 is 0.643 bits per heavy atom. The van der Waals surface area contributed by atoms with Crippen molar-refractivity contribution in [1.29, 1.82) is 0 Å². The molecule has 14 heavy (non-hydrogen) atoms. The van der Waals surface area contributed by atoms with Gasteiger partial charge in [-0.3, -0.25) is 0 Å². The molecule has 0 fully saturated rings. The van der Waals surface area contributed by atoms with Gasteiger partial charge in [0.2, 0.25) is 0 Å². The Morgan fingerprint density at radius 1 is 0.500 bits per heavy atom. The number of hydrogen-bond donors (Lipinski definition) is 0. The topological polar surface area (TPSA) is 3.24 Å². The SMILES string of the molecule is Cl.FC(F)(F)N(C(F)(F)F)C(F)(F)F. The van der Waals surface area contributed by atoms with Gasteiger partial charge in [0.1, 0.15) is 0 Å². The minimum atomic E-state index is -6.53. The van der Waals surface area contributed by atoms with E-state index in [2.05, 4.69) is 0 Å². The Kier molecular flexibility index (Phi) is 4.60. The standard InChI is InChI=1S/C3F9N.ClH/c4-1(5,6)13(2(7,8)9)3(10,11)12;/h;1H. The van der Waals surface area contributed by atoms with Gasteiger partial charge in [0.25, 0.3) is 0 Å². The average molecular weight is 257 g/mol. The number of rotatable bonds is 0. The van der Waals surface area contributed by atoms with E-state index in [4.69, 9.17) is 0 Å². The van der Waals surface area contributed by atoms with Crippen LogP contribution in [0, 0.1) is 0 Å². The summed E-state index contributed by atoms with van der Waals surface area (Å²) < 4.78 is 101. The first-order chi connectivity index (χ1) is 5.37. The Morgan fingerprint density at radius 3 is 0.643 bits per heavy atom. The van der Waals surface area contributed by atoms with Crippen LogP contribution in [-0.2, 0) is 0 Å². The lowest BCUT2D eigenvalue weighted by atomic mass is 10.7. The third-order valence-corrected chi connectivity index (χ3v) is 0.761. The van der Waals surface area contributed by atoms with Crippen LogP contribution in [0.3, 0.4) is 0 Å². The maximum Gasteiger partial charge on any atom is 0.474 e. The van der Waals surface area contributed by atoms with Crippen molar-refractivity contribution in [3.63, 3.8) is 0 Å². The van der Waals surface area contributed by atoms with Gasteiger partial charge in [0.05, 0.1) is 0 Å². The lowest BCUT2D eigenvalue weighted by molar-refractivity contribution is -0.467. The second-order valence-corrected chi connectivity index (χ2v) is 1.74. The maximum absolute atomic E-state index is 11.2. The lowest BCUT2D eigenvalue weighted by Crippen LogP contribution is -2.55. The summed E-state index contributed by atoms with van der Waals surface area (Å²) in [5.41, 5.74) is 0. The van der Waals surface area contributed by atoms with Gasteiger partial charge in [-0.05, 0) is 4.90 Å². The van der Waals surface area contributed by atoms with Crippen LogP contribution in [0.2, 0.25) is 0 Å². The van der Waals surface area contributed by atoms with Crippen molar-refractivity contribution >= 4 is 12.4 Å². The first-order valence-corrected chi connectivity index (χ1v) is 2.37. The highest BCUT2D eigenvalue weighted by atomic mass is 35.5. The molecule has 0 N–H and O–H groups in total. The van der Waals surface area contributed by atoms with Crippen molar-refractivity contribution in [1.82, 2.24) is 4.90 Å². The summed E-state index contributed by atoms with van der Waals surface area (Å²) in [6.45, 7) is 0. The van der Waals surface area contributed by atoms with E-state index in [1.54, 1.807) is 0 Å². The predicted molar refractivity (Wildman–Crippen MR) is 27.3 cm³/mol. The van der Waals surface area contributed by atoms with E-state index in [0.717, 1.165) is 0 Å². The summed E-state index contributed by atoms with van der Waals surface area (Å²) in [4.78, 5) is -3.44. The minimum Gasteiger partial charge on any atom is -0.155 e.